The maximum Gasteiger partial charge on any atom is 0.526 e. The van der Waals surface area contributed by atoms with Gasteiger partial charge < -0.3 is 19.2 Å². The van der Waals surface area contributed by atoms with Crippen LogP contribution < -0.4 is 4.65 Å². The fourth-order valence-corrected chi connectivity index (χ4v) is 2.93. The van der Waals surface area contributed by atoms with Gasteiger partial charge in [-0.05, 0) is 36.8 Å². The molecule has 2 aliphatic carbocycles. The molecule has 4 rings (SSSR count). The van der Waals surface area contributed by atoms with Crippen LogP contribution in [0.2, 0.25) is 5.82 Å². The zero-order valence-corrected chi connectivity index (χ0v) is 12.2. The maximum atomic E-state index is 14.0. The van der Waals surface area contributed by atoms with Gasteiger partial charge in [0, 0.05) is 5.82 Å². The monoisotopic (exact) mass is 320 g/mol. The van der Waals surface area contributed by atoms with E-state index in [2.05, 4.69) is 0 Å². The summed E-state index contributed by atoms with van der Waals surface area (Å²) in [5.74, 6) is -2.21. The summed E-state index contributed by atoms with van der Waals surface area (Å²) in [5, 5.41) is 9.81. The highest BCUT2D eigenvalue weighted by Gasteiger charge is 2.54. The zero-order chi connectivity index (χ0) is 16.1. The first-order chi connectivity index (χ1) is 11.1. The number of ether oxygens (including phenoxy) is 2. The number of rotatable bonds is 4. The van der Waals surface area contributed by atoms with Crippen LogP contribution in [0.3, 0.4) is 0 Å². The van der Waals surface area contributed by atoms with E-state index < -0.39 is 31.7 Å². The Morgan fingerprint density at radius 2 is 2.13 bits per heavy atom. The molecule has 0 saturated heterocycles. The lowest BCUT2D eigenvalue weighted by Gasteiger charge is -2.21. The second kappa shape index (κ2) is 5.23. The minimum atomic E-state index is -1.05. The quantitative estimate of drug-likeness (QED) is 0.516. The first-order valence-corrected chi connectivity index (χ1v) is 7.57. The van der Waals surface area contributed by atoms with Crippen LogP contribution in [-0.2, 0) is 14.3 Å². The third-order valence-electron chi connectivity index (χ3n) is 4.49. The van der Waals surface area contributed by atoms with Crippen LogP contribution in [0.1, 0.15) is 41.1 Å². The van der Waals surface area contributed by atoms with Crippen LogP contribution in [0.4, 0.5) is 4.39 Å². The van der Waals surface area contributed by atoms with Gasteiger partial charge in [0.05, 0.1) is 5.92 Å². The van der Waals surface area contributed by atoms with Crippen molar-refractivity contribution in [2.24, 2.45) is 5.92 Å². The van der Waals surface area contributed by atoms with E-state index in [0.29, 0.717) is 5.56 Å². The summed E-state index contributed by atoms with van der Waals surface area (Å²) < 4.78 is 29.0. The van der Waals surface area contributed by atoms with Gasteiger partial charge in [0.15, 0.2) is 0 Å². The lowest BCUT2D eigenvalue weighted by Crippen LogP contribution is -2.28. The highest BCUT2D eigenvalue weighted by Crippen LogP contribution is 2.60. The van der Waals surface area contributed by atoms with Gasteiger partial charge in [-0.1, -0.05) is 6.07 Å². The minimum Gasteiger partial charge on any atom is -0.535 e. The minimum absolute atomic E-state index is 0.00340. The van der Waals surface area contributed by atoms with E-state index in [1.54, 1.807) is 6.07 Å². The van der Waals surface area contributed by atoms with Gasteiger partial charge in [-0.2, -0.15) is 0 Å². The Balaban J connectivity index is 1.50. The summed E-state index contributed by atoms with van der Waals surface area (Å²) in [7, 11) is -1.05. The Kier molecular flexibility index (Phi) is 3.30. The van der Waals surface area contributed by atoms with Crippen molar-refractivity contribution in [3.8, 4) is 5.75 Å². The maximum absolute atomic E-state index is 14.0. The van der Waals surface area contributed by atoms with Crippen molar-refractivity contribution < 1.29 is 33.1 Å². The normalized spacial score (nSPS) is 24.2. The van der Waals surface area contributed by atoms with Gasteiger partial charge in [-0.3, -0.25) is 4.79 Å². The second-order valence-electron chi connectivity index (χ2n) is 6.14. The fraction of sp³-hybridized carbons (Fsp3) is 0.467. The van der Waals surface area contributed by atoms with Gasteiger partial charge in [0.25, 0.3) is 0 Å². The Hall–Kier alpha value is -2.09. The summed E-state index contributed by atoms with van der Waals surface area (Å²) >= 11 is 0. The average Bonchev–Trinajstić information content (AvgIpc) is 3.37. The molecule has 6 nitrogen and oxygen atoms in total. The van der Waals surface area contributed by atoms with E-state index in [4.69, 9.17) is 14.1 Å². The van der Waals surface area contributed by atoms with Crippen LogP contribution in [-0.4, -0.2) is 30.9 Å². The number of halogens is 1. The smallest absolute Gasteiger partial charge is 0.526 e. The summed E-state index contributed by atoms with van der Waals surface area (Å²) in [6.45, 7) is -0.564. The molecule has 0 bridgehead atoms. The molecule has 0 aromatic heterocycles. The number of hydrogen-bond acceptors (Lipinski definition) is 6. The molecule has 8 heteroatoms. The van der Waals surface area contributed by atoms with Gasteiger partial charge in [-0.15, -0.1) is 0 Å². The van der Waals surface area contributed by atoms with Crippen LogP contribution in [0, 0.1) is 11.7 Å². The van der Waals surface area contributed by atoms with E-state index in [9.17, 15) is 19.0 Å². The molecular formula is C15H14BFO6. The number of hydrogen-bond donors (Lipinski definition) is 1. The topological polar surface area (TPSA) is 82.1 Å². The average molecular weight is 320 g/mol. The third kappa shape index (κ3) is 2.57. The fourth-order valence-electron chi connectivity index (χ4n) is 2.93. The van der Waals surface area contributed by atoms with E-state index in [1.165, 1.54) is 6.07 Å². The molecule has 120 valence electrons. The molecule has 0 amide bonds. The van der Waals surface area contributed by atoms with E-state index in [1.807, 2.05) is 0 Å². The first kappa shape index (κ1) is 14.5. The van der Waals surface area contributed by atoms with Gasteiger partial charge >= 0.3 is 19.1 Å². The molecule has 1 aliphatic heterocycles. The summed E-state index contributed by atoms with van der Waals surface area (Å²) in [4.78, 5) is 23.5. The molecule has 1 N–H and O–H groups in total. The number of carbonyl (C=O) groups is 2. The van der Waals surface area contributed by atoms with Crippen molar-refractivity contribution >= 4 is 19.1 Å². The SMILES string of the molecule is O=C(OCOC(=O)C1CC1)c1c(F)ccc2c1OB(O)C1CC21. The Labute approximate surface area is 131 Å². The highest BCUT2D eigenvalue weighted by atomic mass is 19.1. The zero-order valence-electron chi connectivity index (χ0n) is 12.2. The molecule has 0 radical (unpaired) electrons. The first-order valence-electron chi connectivity index (χ1n) is 7.57. The predicted octanol–water partition coefficient (Wildman–Crippen LogP) is 1.62. The Morgan fingerprint density at radius 1 is 1.35 bits per heavy atom. The van der Waals surface area contributed by atoms with Crippen molar-refractivity contribution in [1.82, 2.24) is 0 Å². The van der Waals surface area contributed by atoms with Crippen LogP contribution in [0.5, 0.6) is 5.75 Å². The van der Waals surface area contributed by atoms with Gasteiger partial charge in [0.1, 0.15) is 17.1 Å². The largest absolute Gasteiger partial charge is 0.535 e. The molecule has 1 aromatic carbocycles. The third-order valence-corrected chi connectivity index (χ3v) is 4.49. The molecule has 23 heavy (non-hydrogen) atoms. The summed E-state index contributed by atoms with van der Waals surface area (Å²) in [6.07, 6.45) is 2.30. The molecule has 0 spiro atoms. The molecule has 1 heterocycles. The molecule has 2 atom stereocenters. The number of fused-ring (bicyclic) bond motifs is 3. The molecule has 3 aliphatic rings. The summed E-state index contributed by atoms with van der Waals surface area (Å²) in [6, 6.07) is 2.74. The number of benzene rings is 1. The molecule has 2 saturated carbocycles. The second-order valence-corrected chi connectivity index (χ2v) is 6.14. The highest BCUT2D eigenvalue weighted by molar-refractivity contribution is 6.48. The van der Waals surface area contributed by atoms with Crippen molar-refractivity contribution in [1.29, 1.82) is 0 Å². The Morgan fingerprint density at radius 3 is 2.87 bits per heavy atom. The molecule has 2 fully saturated rings. The van der Waals surface area contributed by atoms with Crippen molar-refractivity contribution in [2.75, 3.05) is 6.79 Å². The number of esters is 2. The van der Waals surface area contributed by atoms with E-state index in [-0.39, 0.29) is 29.0 Å². The Bertz CT molecular complexity index is 689. The number of carbonyl (C=O) groups excluding carboxylic acids is 2. The van der Waals surface area contributed by atoms with Crippen LogP contribution >= 0.6 is 0 Å². The van der Waals surface area contributed by atoms with Crippen molar-refractivity contribution in [3.63, 3.8) is 0 Å². The lowest BCUT2D eigenvalue weighted by atomic mass is 9.77. The van der Waals surface area contributed by atoms with E-state index >= 15 is 0 Å². The van der Waals surface area contributed by atoms with Crippen molar-refractivity contribution in [2.45, 2.75) is 31.0 Å². The molecular weight excluding hydrogens is 306 g/mol. The lowest BCUT2D eigenvalue weighted by molar-refractivity contribution is -0.153. The summed E-state index contributed by atoms with van der Waals surface area (Å²) in [5.41, 5.74) is 0.331. The standard InChI is InChI=1S/C15H14BFO6/c17-11-4-3-8-9-5-10(9)16(20)23-13(8)12(11)15(19)22-6-21-14(18)7-1-2-7/h3-4,7,9-10,20H,1-2,5-6H2. The van der Waals surface area contributed by atoms with Crippen LogP contribution in [0.15, 0.2) is 12.1 Å². The molecule has 2 unspecified atom stereocenters. The predicted molar refractivity (Wildman–Crippen MR) is 75.2 cm³/mol. The van der Waals surface area contributed by atoms with Crippen molar-refractivity contribution in [3.05, 3.63) is 29.1 Å². The van der Waals surface area contributed by atoms with Gasteiger partial charge in [0.2, 0.25) is 6.79 Å². The van der Waals surface area contributed by atoms with Gasteiger partial charge in [-0.25, -0.2) is 9.18 Å². The van der Waals surface area contributed by atoms with E-state index in [0.717, 1.165) is 19.3 Å². The van der Waals surface area contributed by atoms with Crippen LogP contribution in [0.25, 0.3) is 0 Å². The molecule has 1 aromatic rings.